The number of urea groups is 1. The Bertz CT molecular complexity index is 759. The predicted octanol–water partition coefficient (Wildman–Crippen LogP) is 3.29. The highest BCUT2D eigenvalue weighted by Crippen LogP contribution is 2.34. The number of hydrogen-bond donors (Lipinski definition) is 1. The van der Waals surface area contributed by atoms with Gasteiger partial charge in [0.15, 0.2) is 0 Å². The molecular formula is C20H26ClN3O3. The Morgan fingerprint density at radius 1 is 1.26 bits per heavy atom. The minimum absolute atomic E-state index is 0.117. The summed E-state index contributed by atoms with van der Waals surface area (Å²) in [5.41, 5.74) is -0.549. The van der Waals surface area contributed by atoms with E-state index in [1.807, 2.05) is 25.7 Å². The number of nitrogens with zero attached hydrogens (tertiary/aromatic N) is 2. The van der Waals surface area contributed by atoms with E-state index in [1.54, 1.807) is 24.3 Å². The highest BCUT2D eigenvalue weighted by molar-refractivity contribution is 6.30. The Labute approximate surface area is 164 Å². The fourth-order valence-corrected chi connectivity index (χ4v) is 4.48. The van der Waals surface area contributed by atoms with Gasteiger partial charge in [0.2, 0.25) is 5.91 Å². The molecule has 1 aromatic carbocycles. The number of rotatable bonds is 4. The van der Waals surface area contributed by atoms with E-state index in [1.165, 1.54) is 0 Å². The number of halogens is 1. The summed E-state index contributed by atoms with van der Waals surface area (Å²) in [6.07, 6.45) is 3.34. The van der Waals surface area contributed by atoms with Gasteiger partial charge in [-0.2, -0.15) is 0 Å². The molecule has 1 aromatic rings. The molecule has 7 heteroatoms. The van der Waals surface area contributed by atoms with Crippen LogP contribution in [0.2, 0.25) is 5.02 Å². The van der Waals surface area contributed by atoms with Crippen LogP contribution >= 0.6 is 11.6 Å². The standard InChI is InChI=1S/C20H26ClN3O3/c1-4-20(15-9-6-10-16(21)11-15)18(26)23(19(27)22-20)12-17(25)24-13(2)7-5-8-14(24)3/h6,9-11,13-14H,4-5,7-8,12H2,1-3H3,(H,22,27)/t13-,14-,20+/m0/s1. The number of carbonyl (C=O) groups is 3. The molecule has 0 radical (unpaired) electrons. The molecule has 0 aliphatic carbocycles. The smallest absolute Gasteiger partial charge is 0.325 e. The predicted molar refractivity (Wildman–Crippen MR) is 103 cm³/mol. The van der Waals surface area contributed by atoms with Crippen LogP contribution in [0.15, 0.2) is 24.3 Å². The second kappa shape index (κ2) is 7.50. The summed E-state index contributed by atoms with van der Waals surface area (Å²) >= 11 is 6.08. The number of hydrogen-bond acceptors (Lipinski definition) is 3. The SMILES string of the molecule is CC[C@]1(c2cccc(Cl)c2)NC(=O)N(CC(=O)N2[C@@H](C)CCC[C@@H]2C)C1=O. The molecule has 1 N–H and O–H groups in total. The third kappa shape index (κ3) is 3.43. The van der Waals surface area contributed by atoms with Gasteiger partial charge in [-0.1, -0.05) is 30.7 Å². The molecule has 0 spiro atoms. The van der Waals surface area contributed by atoms with Gasteiger partial charge in [-0.3, -0.25) is 14.5 Å². The van der Waals surface area contributed by atoms with Gasteiger partial charge in [0, 0.05) is 17.1 Å². The molecule has 27 heavy (non-hydrogen) atoms. The van der Waals surface area contributed by atoms with E-state index in [0.717, 1.165) is 24.2 Å². The third-order valence-corrected chi connectivity index (χ3v) is 6.03. The average Bonchev–Trinajstić information content (AvgIpc) is 2.87. The number of imide groups is 1. The minimum Gasteiger partial charge on any atom is -0.336 e. The molecule has 0 saturated carbocycles. The minimum atomic E-state index is -1.18. The number of piperidine rings is 1. The van der Waals surface area contributed by atoms with E-state index in [0.29, 0.717) is 17.0 Å². The van der Waals surface area contributed by atoms with Crippen LogP contribution in [0.1, 0.15) is 52.0 Å². The lowest BCUT2D eigenvalue weighted by Gasteiger charge is -2.39. The third-order valence-electron chi connectivity index (χ3n) is 5.80. The van der Waals surface area contributed by atoms with Crippen molar-refractivity contribution in [1.82, 2.24) is 15.1 Å². The average molecular weight is 392 g/mol. The van der Waals surface area contributed by atoms with Gasteiger partial charge >= 0.3 is 6.03 Å². The summed E-state index contributed by atoms with van der Waals surface area (Å²) in [5, 5.41) is 3.29. The van der Waals surface area contributed by atoms with E-state index in [9.17, 15) is 14.4 Å². The molecule has 2 aliphatic rings. The van der Waals surface area contributed by atoms with Crippen molar-refractivity contribution in [2.24, 2.45) is 0 Å². The van der Waals surface area contributed by atoms with Gasteiger partial charge in [-0.15, -0.1) is 0 Å². The van der Waals surface area contributed by atoms with Crippen LogP contribution in [0.5, 0.6) is 0 Å². The molecule has 2 fully saturated rings. The van der Waals surface area contributed by atoms with E-state index in [2.05, 4.69) is 5.32 Å². The molecule has 2 heterocycles. The Balaban J connectivity index is 1.84. The first kappa shape index (κ1) is 19.7. The zero-order valence-electron chi connectivity index (χ0n) is 16.0. The topological polar surface area (TPSA) is 69.7 Å². The molecule has 6 nitrogen and oxygen atoms in total. The first-order valence-corrected chi connectivity index (χ1v) is 9.89. The monoisotopic (exact) mass is 391 g/mol. The zero-order valence-corrected chi connectivity index (χ0v) is 16.8. The molecule has 4 amide bonds. The van der Waals surface area contributed by atoms with E-state index in [-0.39, 0.29) is 24.5 Å². The molecule has 0 unspecified atom stereocenters. The van der Waals surface area contributed by atoms with Gasteiger partial charge in [0.25, 0.3) is 5.91 Å². The summed E-state index contributed by atoms with van der Waals surface area (Å²) < 4.78 is 0. The fourth-order valence-electron chi connectivity index (χ4n) is 4.29. The maximum absolute atomic E-state index is 13.2. The van der Waals surface area contributed by atoms with Crippen LogP contribution in [0.25, 0.3) is 0 Å². The Kier molecular flexibility index (Phi) is 5.47. The van der Waals surface area contributed by atoms with Crippen LogP contribution in [0.3, 0.4) is 0 Å². The number of amides is 4. The largest absolute Gasteiger partial charge is 0.336 e. The number of carbonyl (C=O) groups excluding carboxylic acids is 3. The first-order valence-electron chi connectivity index (χ1n) is 9.51. The lowest BCUT2D eigenvalue weighted by molar-refractivity contribution is -0.143. The normalized spacial score (nSPS) is 28.4. The Hall–Kier alpha value is -2.08. The molecule has 0 aromatic heterocycles. The molecule has 2 aliphatic heterocycles. The van der Waals surface area contributed by atoms with Crippen molar-refractivity contribution >= 4 is 29.4 Å². The fraction of sp³-hybridized carbons (Fsp3) is 0.550. The second-order valence-electron chi connectivity index (χ2n) is 7.52. The summed E-state index contributed by atoms with van der Waals surface area (Å²) in [6, 6.07) is 6.62. The highest BCUT2D eigenvalue weighted by atomic mass is 35.5. The second-order valence-corrected chi connectivity index (χ2v) is 7.96. The molecule has 3 rings (SSSR count). The number of likely N-dealkylation sites (tertiary alicyclic amines) is 1. The lowest BCUT2D eigenvalue weighted by atomic mass is 9.87. The van der Waals surface area contributed by atoms with Gasteiger partial charge < -0.3 is 10.2 Å². The number of benzene rings is 1. The van der Waals surface area contributed by atoms with Crippen molar-refractivity contribution in [3.63, 3.8) is 0 Å². The zero-order chi connectivity index (χ0) is 19.8. The summed E-state index contributed by atoms with van der Waals surface area (Å²) in [5.74, 6) is -0.584. The molecule has 3 atom stereocenters. The first-order chi connectivity index (χ1) is 12.8. The summed E-state index contributed by atoms with van der Waals surface area (Å²) in [4.78, 5) is 41.5. The van der Waals surface area contributed by atoms with Crippen LogP contribution < -0.4 is 5.32 Å². The van der Waals surface area contributed by atoms with Crippen molar-refractivity contribution in [2.75, 3.05) is 6.54 Å². The summed E-state index contributed by atoms with van der Waals surface area (Å²) in [6.45, 7) is 5.63. The van der Waals surface area contributed by atoms with Gasteiger partial charge in [-0.25, -0.2) is 4.79 Å². The molecule has 146 valence electrons. The quantitative estimate of drug-likeness (QED) is 0.800. The van der Waals surface area contributed by atoms with Crippen molar-refractivity contribution in [3.05, 3.63) is 34.9 Å². The maximum atomic E-state index is 13.2. The van der Waals surface area contributed by atoms with Crippen molar-refractivity contribution < 1.29 is 14.4 Å². The van der Waals surface area contributed by atoms with Crippen LogP contribution in [-0.2, 0) is 15.1 Å². The Morgan fingerprint density at radius 2 is 1.93 bits per heavy atom. The van der Waals surface area contributed by atoms with Crippen molar-refractivity contribution in [3.8, 4) is 0 Å². The van der Waals surface area contributed by atoms with E-state index < -0.39 is 17.5 Å². The maximum Gasteiger partial charge on any atom is 0.325 e. The van der Waals surface area contributed by atoms with Gasteiger partial charge in [0.05, 0.1) is 0 Å². The van der Waals surface area contributed by atoms with Crippen molar-refractivity contribution in [2.45, 2.75) is 64.1 Å². The Morgan fingerprint density at radius 3 is 2.52 bits per heavy atom. The van der Waals surface area contributed by atoms with Crippen LogP contribution in [0, 0.1) is 0 Å². The highest BCUT2D eigenvalue weighted by Gasteiger charge is 2.52. The lowest BCUT2D eigenvalue weighted by Crippen LogP contribution is -2.52. The van der Waals surface area contributed by atoms with Gasteiger partial charge in [0.1, 0.15) is 12.1 Å². The van der Waals surface area contributed by atoms with Crippen LogP contribution in [0.4, 0.5) is 4.79 Å². The molecular weight excluding hydrogens is 366 g/mol. The van der Waals surface area contributed by atoms with Gasteiger partial charge in [-0.05, 0) is 57.2 Å². The molecule has 2 saturated heterocycles. The van der Waals surface area contributed by atoms with E-state index in [4.69, 9.17) is 11.6 Å². The molecule has 0 bridgehead atoms. The van der Waals surface area contributed by atoms with Crippen LogP contribution in [-0.4, -0.2) is 46.3 Å². The number of nitrogens with one attached hydrogen (secondary N) is 1. The summed E-state index contributed by atoms with van der Waals surface area (Å²) in [7, 11) is 0. The van der Waals surface area contributed by atoms with Crippen molar-refractivity contribution in [1.29, 1.82) is 0 Å². The van der Waals surface area contributed by atoms with E-state index >= 15 is 0 Å².